The van der Waals surface area contributed by atoms with E-state index < -0.39 is 7.28 Å². The van der Waals surface area contributed by atoms with Crippen LogP contribution in [0.2, 0.25) is 0 Å². The standard InChI is InChI=1S/C36H73O3P.C16H35N/c1-3-5-7-9-11-13-15-17-19-21-23-25-27-29-31-33-35-40(37,38,39)36-34-32-30-28-26-24-22-20-18-16-14-12-10-8-6-4-2;1-2-3-4-5-6-7-8-9-10-11-12-13-14-15-16-17/h33-39H,3-32H2,1-2H3;2-17H2,1H3. The Kier molecular flexibility index (Phi) is 50.0. The molecule has 344 valence electrons. The molecule has 0 aromatic heterocycles. The van der Waals surface area contributed by atoms with Gasteiger partial charge in [0.05, 0.1) is 0 Å². The van der Waals surface area contributed by atoms with Crippen LogP contribution in [-0.4, -0.2) is 21.2 Å². The molecule has 0 radical (unpaired) electrons. The molecular formula is C52H108NO3P. The second kappa shape index (κ2) is 48.4. The van der Waals surface area contributed by atoms with E-state index in [1.54, 1.807) is 12.2 Å². The zero-order valence-electron chi connectivity index (χ0n) is 39.5. The predicted molar refractivity (Wildman–Crippen MR) is 261 cm³/mol. The normalized spacial score (nSPS) is 12.7. The van der Waals surface area contributed by atoms with Crippen LogP contribution in [-0.2, 0) is 0 Å². The molecule has 0 saturated carbocycles. The van der Waals surface area contributed by atoms with E-state index >= 15 is 0 Å². The van der Waals surface area contributed by atoms with Gasteiger partial charge in [0.1, 0.15) is 0 Å². The van der Waals surface area contributed by atoms with Crippen molar-refractivity contribution in [3.05, 3.63) is 23.8 Å². The third kappa shape index (κ3) is 55.8. The zero-order chi connectivity index (χ0) is 42.1. The monoisotopic (exact) mass is 826 g/mol. The summed E-state index contributed by atoms with van der Waals surface area (Å²) < 4.78 is 0. The first-order chi connectivity index (χ1) is 27.8. The van der Waals surface area contributed by atoms with Crippen LogP contribution in [0.25, 0.3) is 0 Å². The average molecular weight is 826 g/mol. The van der Waals surface area contributed by atoms with E-state index in [1.807, 2.05) is 0 Å². The maximum atomic E-state index is 10.3. The van der Waals surface area contributed by atoms with Gasteiger partial charge in [-0.2, -0.15) is 0 Å². The van der Waals surface area contributed by atoms with Crippen LogP contribution < -0.4 is 5.73 Å². The topological polar surface area (TPSA) is 86.7 Å². The molecule has 0 saturated heterocycles. The summed E-state index contributed by atoms with van der Waals surface area (Å²) in [5.41, 5.74) is 5.47. The Morgan fingerprint density at radius 2 is 0.456 bits per heavy atom. The summed E-state index contributed by atoms with van der Waals surface area (Å²) in [7, 11) is -4.75. The van der Waals surface area contributed by atoms with E-state index in [-0.39, 0.29) is 0 Å². The molecular weight excluding hydrogens is 718 g/mol. The molecule has 0 bridgehead atoms. The fourth-order valence-electron chi connectivity index (χ4n) is 7.86. The smallest absolute Gasteiger partial charge is 0.330 e. The molecule has 0 aliphatic rings. The summed E-state index contributed by atoms with van der Waals surface area (Å²) >= 11 is 0. The summed E-state index contributed by atoms with van der Waals surface area (Å²) in [4.78, 5) is 30.8. The summed E-state index contributed by atoms with van der Waals surface area (Å²) in [6, 6.07) is 0. The van der Waals surface area contributed by atoms with Gasteiger partial charge in [0.25, 0.3) is 0 Å². The Morgan fingerprint density at radius 1 is 0.281 bits per heavy atom. The van der Waals surface area contributed by atoms with Crippen molar-refractivity contribution in [3.8, 4) is 0 Å². The van der Waals surface area contributed by atoms with E-state index in [2.05, 4.69) is 20.8 Å². The maximum absolute atomic E-state index is 10.3. The molecule has 57 heavy (non-hydrogen) atoms. The molecule has 0 heterocycles. The molecule has 4 nitrogen and oxygen atoms in total. The van der Waals surface area contributed by atoms with Crippen LogP contribution >= 0.6 is 7.28 Å². The number of hydrogen-bond donors (Lipinski definition) is 4. The number of nitrogens with two attached hydrogens (primary N) is 1. The van der Waals surface area contributed by atoms with Crippen LogP contribution in [0.15, 0.2) is 23.8 Å². The Morgan fingerprint density at radius 3 is 0.649 bits per heavy atom. The Balaban J connectivity index is 0. The minimum absolute atomic E-state index is 0.796. The molecule has 0 atom stereocenters. The summed E-state index contributed by atoms with van der Waals surface area (Å²) in [6.07, 6.45) is 62.4. The fraction of sp³-hybridized carbons (Fsp3) is 0.923. The van der Waals surface area contributed by atoms with Crippen molar-refractivity contribution < 1.29 is 14.7 Å². The van der Waals surface area contributed by atoms with Crippen molar-refractivity contribution >= 4 is 7.28 Å². The first-order valence-corrected chi connectivity index (χ1v) is 28.4. The molecule has 0 fully saturated rings. The van der Waals surface area contributed by atoms with Gasteiger partial charge >= 0.3 is 174 Å². The van der Waals surface area contributed by atoms with E-state index in [0.29, 0.717) is 0 Å². The SMILES string of the molecule is CCCCCCCCCCCCCCCCC=CP(O)(O)(O)C=CCCCCCCCCCCCCCCCC.CCCCCCCCCCCCCCCCN. The fourth-order valence-corrected chi connectivity index (χ4v) is 9.06. The van der Waals surface area contributed by atoms with Crippen LogP contribution in [0.5, 0.6) is 0 Å². The molecule has 0 aromatic rings. The first-order valence-electron chi connectivity index (χ1n) is 26.1. The quantitative estimate of drug-likeness (QED) is 0.0364. The zero-order valence-corrected chi connectivity index (χ0v) is 40.4. The molecule has 0 unspecified atom stereocenters. The van der Waals surface area contributed by atoms with Crippen LogP contribution in [0.4, 0.5) is 0 Å². The Labute approximate surface area is 360 Å². The number of hydrogen-bond acceptors (Lipinski definition) is 4. The van der Waals surface area contributed by atoms with Crippen molar-refractivity contribution in [3.63, 3.8) is 0 Å². The predicted octanol–water partition coefficient (Wildman–Crippen LogP) is 18.5. The van der Waals surface area contributed by atoms with Gasteiger partial charge in [-0.05, 0) is 13.0 Å². The summed E-state index contributed by atoms with van der Waals surface area (Å²) in [5, 5.41) is 0. The van der Waals surface area contributed by atoms with E-state index in [0.717, 1.165) is 32.2 Å². The Hall–Kier alpha value is -0.250. The molecule has 5 heteroatoms. The number of unbranched alkanes of at least 4 members (excludes halogenated alkanes) is 41. The van der Waals surface area contributed by atoms with Gasteiger partial charge in [-0.1, -0.05) is 168 Å². The average Bonchev–Trinajstić information content (AvgIpc) is 3.19. The van der Waals surface area contributed by atoms with Gasteiger partial charge in [0.15, 0.2) is 0 Å². The molecule has 0 spiro atoms. The van der Waals surface area contributed by atoms with Crippen LogP contribution in [0, 0.1) is 0 Å². The second-order valence-corrected chi connectivity index (χ2v) is 20.9. The van der Waals surface area contributed by atoms with Gasteiger partial charge < -0.3 is 5.73 Å². The summed E-state index contributed by atoms with van der Waals surface area (Å²) in [6.45, 7) is 7.71. The van der Waals surface area contributed by atoms with Gasteiger partial charge in [-0.15, -0.1) is 0 Å². The Bertz CT molecular complexity index is 732. The molecule has 0 rings (SSSR count). The van der Waals surface area contributed by atoms with Crippen LogP contribution in [0.3, 0.4) is 0 Å². The van der Waals surface area contributed by atoms with Crippen molar-refractivity contribution in [2.24, 2.45) is 5.73 Å². The van der Waals surface area contributed by atoms with E-state index in [9.17, 15) is 14.7 Å². The number of rotatable bonds is 46. The van der Waals surface area contributed by atoms with Gasteiger partial charge in [-0.25, -0.2) is 0 Å². The van der Waals surface area contributed by atoms with Crippen molar-refractivity contribution in [1.82, 2.24) is 0 Å². The van der Waals surface area contributed by atoms with Crippen LogP contribution in [0.1, 0.15) is 303 Å². The minimum atomic E-state index is -4.75. The van der Waals surface area contributed by atoms with Gasteiger partial charge in [-0.3, -0.25) is 0 Å². The van der Waals surface area contributed by atoms with Crippen molar-refractivity contribution in [2.75, 3.05) is 6.54 Å². The molecule has 0 aliphatic heterocycles. The molecule has 5 N–H and O–H groups in total. The van der Waals surface area contributed by atoms with E-state index in [1.165, 1.54) is 268 Å². The van der Waals surface area contributed by atoms with Gasteiger partial charge in [0.2, 0.25) is 0 Å². The third-order valence-electron chi connectivity index (χ3n) is 11.8. The summed E-state index contributed by atoms with van der Waals surface area (Å²) in [5.74, 6) is 2.52. The minimum Gasteiger partial charge on any atom is -0.330 e. The number of allylic oxidation sites excluding steroid dienone is 2. The van der Waals surface area contributed by atoms with E-state index in [4.69, 9.17) is 5.73 Å². The molecule has 0 aliphatic carbocycles. The van der Waals surface area contributed by atoms with Crippen molar-refractivity contribution in [1.29, 1.82) is 0 Å². The first kappa shape index (κ1) is 58.8. The third-order valence-corrected chi connectivity index (χ3v) is 13.4. The molecule has 0 amide bonds. The van der Waals surface area contributed by atoms with Crippen molar-refractivity contribution in [2.45, 2.75) is 303 Å². The second-order valence-electron chi connectivity index (χ2n) is 18.0. The van der Waals surface area contributed by atoms with Gasteiger partial charge in [0, 0.05) is 0 Å². The molecule has 0 aromatic carbocycles.